The van der Waals surface area contributed by atoms with Crippen LogP contribution in [0.15, 0.2) is 22.7 Å². The predicted octanol–water partition coefficient (Wildman–Crippen LogP) is 2.71. The van der Waals surface area contributed by atoms with Crippen molar-refractivity contribution in [3.05, 3.63) is 28.2 Å². The van der Waals surface area contributed by atoms with E-state index >= 15 is 0 Å². The van der Waals surface area contributed by atoms with Crippen LogP contribution in [0.25, 0.3) is 0 Å². The molecular weight excluding hydrogens is 308 g/mol. The minimum atomic E-state index is -0.998. The Morgan fingerprint density at radius 3 is 2.53 bits per heavy atom. The van der Waals surface area contributed by atoms with Crippen LogP contribution in [0.3, 0.4) is 0 Å². The predicted molar refractivity (Wildman–Crippen MR) is 69.1 cm³/mol. The summed E-state index contributed by atoms with van der Waals surface area (Å²) >= 11 is 3.31. The third-order valence-corrected chi connectivity index (χ3v) is 3.46. The molecule has 0 saturated heterocycles. The van der Waals surface area contributed by atoms with Gasteiger partial charge in [-0.15, -0.1) is 0 Å². The molecule has 2 unspecified atom stereocenters. The second-order valence-corrected chi connectivity index (χ2v) is 4.93. The highest BCUT2D eigenvalue weighted by atomic mass is 79.9. The second kappa shape index (κ2) is 5.10. The van der Waals surface area contributed by atoms with Gasteiger partial charge in [0.25, 0.3) is 0 Å². The first-order chi connectivity index (χ1) is 9.12. The number of benzene rings is 1. The molecule has 0 saturated carbocycles. The van der Waals surface area contributed by atoms with Crippen molar-refractivity contribution < 1.29 is 4.74 Å². The van der Waals surface area contributed by atoms with Crippen molar-refractivity contribution in [2.24, 2.45) is 11.8 Å². The van der Waals surface area contributed by atoms with Crippen molar-refractivity contribution in [3.63, 3.8) is 0 Å². The Bertz CT molecular complexity index is 651. The number of nitrogens with zero attached hydrogens (tertiary/aromatic N) is 3. The van der Waals surface area contributed by atoms with Crippen LogP contribution in [0.2, 0.25) is 0 Å². The summed E-state index contributed by atoms with van der Waals surface area (Å²) in [6.07, 6.45) is 0. The minimum absolute atomic E-state index is 0.224. The smallest absolute Gasteiger partial charge is 0.205 e. The van der Waals surface area contributed by atoms with Gasteiger partial charge >= 0.3 is 0 Å². The van der Waals surface area contributed by atoms with Crippen LogP contribution < -0.4 is 4.74 Å². The van der Waals surface area contributed by atoms with E-state index in [1.54, 1.807) is 18.2 Å². The molecule has 0 aliphatic carbocycles. The van der Waals surface area contributed by atoms with Crippen LogP contribution in [0.4, 0.5) is 0 Å². The van der Waals surface area contributed by atoms with Gasteiger partial charge in [0.2, 0.25) is 5.90 Å². The van der Waals surface area contributed by atoms with Crippen molar-refractivity contribution in [2.75, 3.05) is 0 Å². The molecule has 1 aromatic rings. The zero-order valence-electron chi connectivity index (χ0n) is 9.59. The average Bonchev–Trinajstić information content (AvgIpc) is 2.40. The molecule has 1 N–H and O–H groups in total. The van der Waals surface area contributed by atoms with Gasteiger partial charge in [-0.25, -0.2) is 0 Å². The summed E-state index contributed by atoms with van der Waals surface area (Å²) in [5.41, 5.74) is 0.602. The third kappa shape index (κ3) is 2.17. The SMILES string of the molecule is N#CC(C#N)C1c2cc(Br)ccc2OC(=N)C1C#N. The number of ether oxygens (including phenoxy) is 1. The van der Waals surface area contributed by atoms with E-state index in [-0.39, 0.29) is 5.90 Å². The van der Waals surface area contributed by atoms with Crippen molar-refractivity contribution in [3.8, 4) is 24.0 Å². The highest BCUT2D eigenvalue weighted by Crippen LogP contribution is 2.43. The van der Waals surface area contributed by atoms with Crippen LogP contribution in [0.5, 0.6) is 5.75 Å². The molecule has 6 heteroatoms. The van der Waals surface area contributed by atoms with E-state index in [2.05, 4.69) is 15.9 Å². The molecule has 1 aliphatic rings. The summed E-state index contributed by atoms with van der Waals surface area (Å²) < 4.78 is 6.04. The Kier molecular flexibility index (Phi) is 3.51. The van der Waals surface area contributed by atoms with E-state index in [1.807, 2.05) is 18.2 Å². The summed E-state index contributed by atoms with van der Waals surface area (Å²) in [4.78, 5) is 0. The number of nitrogens with one attached hydrogen (secondary N) is 1. The van der Waals surface area contributed by atoms with Gasteiger partial charge in [0.1, 0.15) is 17.6 Å². The standard InChI is InChI=1S/C13H7BrN4O/c14-8-1-2-11-9(3-8)12(7(4-15)5-16)10(6-17)13(18)19-11/h1-3,7,10,12,18H. The zero-order chi connectivity index (χ0) is 14.0. The molecule has 0 bridgehead atoms. The van der Waals surface area contributed by atoms with Gasteiger partial charge in [-0.1, -0.05) is 15.9 Å². The summed E-state index contributed by atoms with van der Waals surface area (Å²) in [5, 5.41) is 35.0. The van der Waals surface area contributed by atoms with E-state index < -0.39 is 17.8 Å². The van der Waals surface area contributed by atoms with Crippen LogP contribution in [0, 0.1) is 51.2 Å². The van der Waals surface area contributed by atoms with Gasteiger partial charge < -0.3 is 4.74 Å². The van der Waals surface area contributed by atoms with Crippen LogP contribution >= 0.6 is 15.9 Å². The molecule has 1 heterocycles. The first-order valence-corrected chi connectivity index (χ1v) is 6.16. The Balaban J connectivity index is 2.64. The molecule has 1 aliphatic heterocycles. The maximum atomic E-state index is 9.17. The molecule has 92 valence electrons. The van der Waals surface area contributed by atoms with E-state index in [4.69, 9.17) is 25.9 Å². The van der Waals surface area contributed by atoms with Crippen molar-refractivity contribution >= 4 is 21.8 Å². The Morgan fingerprint density at radius 1 is 1.26 bits per heavy atom. The number of fused-ring (bicyclic) bond motifs is 1. The molecule has 0 radical (unpaired) electrons. The van der Waals surface area contributed by atoms with Gasteiger partial charge in [-0.05, 0) is 18.2 Å². The lowest BCUT2D eigenvalue weighted by Crippen LogP contribution is -2.33. The maximum absolute atomic E-state index is 9.17. The van der Waals surface area contributed by atoms with Gasteiger partial charge in [0.05, 0.1) is 18.2 Å². The number of hydrogen-bond acceptors (Lipinski definition) is 5. The Labute approximate surface area is 118 Å². The topological polar surface area (TPSA) is 104 Å². The molecule has 2 rings (SSSR count). The van der Waals surface area contributed by atoms with Crippen molar-refractivity contribution in [2.45, 2.75) is 5.92 Å². The van der Waals surface area contributed by atoms with Gasteiger partial charge in [-0.2, -0.15) is 15.8 Å². The van der Waals surface area contributed by atoms with E-state index in [9.17, 15) is 0 Å². The van der Waals surface area contributed by atoms with E-state index in [0.717, 1.165) is 4.47 Å². The zero-order valence-corrected chi connectivity index (χ0v) is 11.2. The van der Waals surface area contributed by atoms with E-state index in [1.165, 1.54) is 0 Å². The number of rotatable bonds is 1. The minimum Gasteiger partial charge on any atom is -0.442 e. The first-order valence-electron chi connectivity index (χ1n) is 5.37. The fraction of sp³-hybridized carbons (Fsp3) is 0.231. The number of halogens is 1. The van der Waals surface area contributed by atoms with Gasteiger partial charge in [0.15, 0.2) is 0 Å². The molecule has 1 aromatic carbocycles. The average molecular weight is 315 g/mol. The molecule has 0 fully saturated rings. The summed E-state index contributed by atoms with van der Waals surface area (Å²) in [6.45, 7) is 0. The van der Waals surface area contributed by atoms with Gasteiger partial charge in [-0.3, -0.25) is 5.41 Å². The first kappa shape index (κ1) is 13.1. The molecule has 2 atom stereocenters. The number of hydrogen-bond donors (Lipinski definition) is 1. The Hall–Kier alpha value is -2.36. The third-order valence-electron chi connectivity index (χ3n) is 2.97. The highest BCUT2D eigenvalue weighted by molar-refractivity contribution is 9.10. The lowest BCUT2D eigenvalue weighted by molar-refractivity contribution is 0.409. The summed E-state index contributed by atoms with van der Waals surface area (Å²) in [5.74, 6) is -2.40. The maximum Gasteiger partial charge on any atom is 0.205 e. The second-order valence-electron chi connectivity index (χ2n) is 4.02. The molecule has 0 aromatic heterocycles. The van der Waals surface area contributed by atoms with Crippen LogP contribution in [-0.4, -0.2) is 5.90 Å². The van der Waals surface area contributed by atoms with Crippen molar-refractivity contribution in [1.29, 1.82) is 21.2 Å². The fourth-order valence-electron chi connectivity index (χ4n) is 2.10. The van der Waals surface area contributed by atoms with Crippen LogP contribution in [-0.2, 0) is 0 Å². The molecule has 0 amide bonds. The fourth-order valence-corrected chi connectivity index (χ4v) is 2.48. The highest BCUT2D eigenvalue weighted by Gasteiger charge is 2.41. The molecular formula is C13H7BrN4O. The monoisotopic (exact) mass is 314 g/mol. The lowest BCUT2D eigenvalue weighted by atomic mass is 9.76. The number of nitriles is 3. The van der Waals surface area contributed by atoms with Crippen LogP contribution in [0.1, 0.15) is 11.5 Å². The van der Waals surface area contributed by atoms with Crippen molar-refractivity contribution in [1.82, 2.24) is 0 Å². The van der Waals surface area contributed by atoms with E-state index in [0.29, 0.717) is 11.3 Å². The normalized spacial score (nSPS) is 20.7. The molecule has 5 nitrogen and oxygen atoms in total. The Morgan fingerprint density at radius 2 is 1.95 bits per heavy atom. The largest absolute Gasteiger partial charge is 0.442 e. The summed E-state index contributed by atoms with van der Waals surface area (Å²) in [7, 11) is 0. The summed E-state index contributed by atoms with van der Waals surface area (Å²) in [6, 6.07) is 10.8. The van der Waals surface area contributed by atoms with Gasteiger partial charge in [0, 0.05) is 16.0 Å². The molecule has 19 heavy (non-hydrogen) atoms. The quantitative estimate of drug-likeness (QED) is 0.860. The molecule has 0 spiro atoms. The lowest BCUT2D eigenvalue weighted by Gasteiger charge is -2.30.